The lowest BCUT2D eigenvalue weighted by molar-refractivity contribution is 0.0126. The molecule has 0 radical (unpaired) electrons. The van der Waals surface area contributed by atoms with E-state index in [4.69, 9.17) is 0 Å². The molecule has 4 aromatic carbocycles. The molecule has 2 heterocycles. The zero-order valence-electron chi connectivity index (χ0n) is 42.0. The highest BCUT2D eigenvalue weighted by atomic mass is 32.2. The molecule has 376 valence electrons. The summed E-state index contributed by atoms with van der Waals surface area (Å²) in [6.07, 6.45) is 7.19. The lowest BCUT2D eigenvalue weighted by atomic mass is 9.68. The minimum Gasteiger partial charge on any atom is -0.392 e. The molecule has 0 spiro atoms. The van der Waals surface area contributed by atoms with Crippen molar-refractivity contribution < 1.29 is 40.2 Å². The maximum Gasteiger partial charge on any atom is 0.181 e. The van der Waals surface area contributed by atoms with Crippen molar-refractivity contribution in [1.82, 2.24) is 0 Å². The van der Waals surface area contributed by atoms with Gasteiger partial charge in [-0.2, -0.15) is 0 Å². The molecule has 0 fully saturated rings. The second kappa shape index (κ2) is 22.8. The standard InChI is InChI=1S/C28H41FN2O3S.C26H35F2NO3S/c1-7-9-15-28(16-10-8-2)19-35(33,34)26-23(17-22(30(3)4)18-24(26)31(5)6)25(27(28)32)20-11-13-21(29)14-12-20;1-5-7-13-26(14-8-6-2)17-33(31,32)24-21(15-20(28)16-22(24)29(3)4)23(25(26)30)18-9-11-19(27)12-10-18/h11-14,17-18,25,27,32H,7-10,15-16,19H2,1-6H3;9-12,15-16,23,25,30H,5-8,13-14,17H2,1-4H3/t25-,27-;23-,25-/m11/s1. The van der Waals surface area contributed by atoms with E-state index in [9.17, 15) is 40.2 Å². The summed E-state index contributed by atoms with van der Waals surface area (Å²) in [4.78, 5) is 5.73. The molecule has 4 aromatic rings. The van der Waals surface area contributed by atoms with E-state index in [1.807, 2.05) is 64.0 Å². The molecule has 2 N–H and O–H groups in total. The minimum absolute atomic E-state index is 0.0668. The van der Waals surface area contributed by atoms with Crippen LogP contribution in [0.3, 0.4) is 0 Å². The second-order valence-electron chi connectivity index (χ2n) is 20.0. The molecule has 0 bridgehead atoms. The fourth-order valence-corrected chi connectivity index (χ4v) is 15.6. The summed E-state index contributed by atoms with van der Waals surface area (Å²) in [5, 5.41) is 24.1. The molecule has 0 unspecified atom stereocenters. The number of anilines is 3. The van der Waals surface area contributed by atoms with Crippen LogP contribution < -0.4 is 14.7 Å². The van der Waals surface area contributed by atoms with Gasteiger partial charge in [0.1, 0.15) is 17.5 Å². The molecule has 9 nitrogen and oxygen atoms in total. The van der Waals surface area contributed by atoms with Crippen LogP contribution in [0.1, 0.15) is 139 Å². The van der Waals surface area contributed by atoms with Gasteiger partial charge in [-0.15, -0.1) is 0 Å². The van der Waals surface area contributed by atoms with Gasteiger partial charge >= 0.3 is 0 Å². The summed E-state index contributed by atoms with van der Waals surface area (Å²) >= 11 is 0. The summed E-state index contributed by atoms with van der Waals surface area (Å²) < 4.78 is 98.7. The largest absolute Gasteiger partial charge is 0.392 e. The Balaban J connectivity index is 0.000000255. The lowest BCUT2D eigenvalue weighted by Gasteiger charge is -2.40. The molecule has 0 aromatic heterocycles. The third kappa shape index (κ3) is 11.7. The van der Waals surface area contributed by atoms with Gasteiger partial charge in [0.25, 0.3) is 0 Å². The summed E-state index contributed by atoms with van der Waals surface area (Å²) in [6.45, 7) is 8.25. The molecule has 2 aliphatic heterocycles. The van der Waals surface area contributed by atoms with Crippen molar-refractivity contribution in [2.24, 2.45) is 10.8 Å². The van der Waals surface area contributed by atoms with Crippen molar-refractivity contribution in [3.63, 3.8) is 0 Å². The third-order valence-corrected chi connectivity index (χ3v) is 18.4. The first kappa shape index (κ1) is 54.8. The number of halogens is 3. The SMILES string of the molecule is CCCCC1(CCCC)CS(=O)(=O)c2c(cc(F)cc2N(C)C)[C@@H](c2ccc(F)cc2)[C@H]1O.CCCCC1(CCCC)CS(=O)(=O)c2c(cc(N(C)C)cc2N(C)C)[C@@H](c2ccc(F)cc2)[C@H]1O. The summed E-state index contributed by atoms with van der Waals surface area (Å²) in [7, 11) is 3.29. The van der Waals surface area contributed by atoms with Gasteiger partial charge in [0.05, 0.1) is 44.9 Å². The van der Waals surface area contributed by atoms with Crippen molar-refractivity contribution >= 4 is 36.7 Å². The van der Waals surface area contributed by atoms with Gasteiger partial charge in [-0.1, -0.05) is 103 Å². The number of benzene rings is 4. The van der Waals surface area contributed by atoms with Gasteiger partial charge in [0, 0.05) is 70.6 Å². The van der Waals surface area contributed by atoms with Crippen LogP contribution in [0.2, 0.25) is 0 Å². The van der Waals surface area contributed by atoms with Crippen LogP contribution in [0.5, 0.6) is 0 Å². The first-order valence-corrected chi connectivity index (χ1v) is 27.7. The summed E-state index contributed by atoms with van der Waals surface area (Å²) in [5.74, 6) is -3.01. The first-order valence-electron chi connectivity index (χ1n) is 24.4. The highest BCUT2D eigenvalue weighted by Gasteiger charge is 2.52. The molecule has 0 saturated carbocycles. The fourth-order valence-electron chi connectivity index (χ4n) is 10.7. The Kier molecular flexibility index (Phi) is 18.3. The van der Waals surface area contributed by atoms with Crippen LogP contribution in [0.4, 0.5) is 30.2 Å². The number of fused-ring (bicyclic) bond motifs is 2. The average Bonchev–Trinajstić information content (AvgIpc) is 3.40. The Labute approximate surface area is 405 Å². The van der Waals surface area contributed by atoms with Crippen molar-refractivity contribution in [2.75, 3.05) is 68.5 Å². The molecule has 0 amide bonds. The third-order valence-electron chi connectivity index (χ3n) is 14.3. The number of unbranched alkanes of at least 4 members (excludes halogenated alkanes) is 4. The van der Waals surface area contributed by atoms with Crippen molar-refractivity contribution in [1.29, 1.82) is 0 Å². The molecule has 68 heavy (non-hydrogen) atoms. The molecule has 2 aliphatic rings. The van der Waals surface area contributed by atoms with Crippen LogP contribution in [-0.2, 0) is 19.7 Å². The number of aliphatic hydroxyl groups excluding tert-OH is 2. The van der Waals surface area contributed by atoms with Gasteiger partial charge < -0.3 is 24.9 Å². The topological polar surface area (TPSA) is 118 Å². The van der Waals surface area contributed by atoms with Crippen LogP contribution in [0.15, 0.2) is 82.6 Å². The molecule has 14 heteroatoms. The van der Waals surface area contributed by atoms with Gasteiger partial charge in [0.2, 0.25) is 0 Å². The van der Waals surface area contributed by atoms with Gasteiger partial charge in [-0.25, -0.2) is 30.0 Å². The number of aliphatic hydroxyl groups is 2. The van der Waals surface area contributed by atoms with Crippen molar-refractivity contribution in [3.8, 4) is 0 Å². The van der Waals surface area contributed by atoms with Crippen LogP contribution in [0, 0.1) is 28.3 Å². The number of rotatable bonds is 17. The molecule has 6 rings (SSSR count). The second-order valence-corrected chi connectivity index (χ2v) is 23.9. The predicted octanol–water partition coefficient (Wildman–Crippen LogP) is 11.3. The zero-order chi connectivity index (χ0) is 50.4. The predicted molar refractivity (Wildman–Crippen MR) is 271 cm³/mol. The highest BCUT2D eigenvalue weighted by molar-refractivity contribution is 7.92. The Morgan fingerprint density at radius 3 is 1.16 bits per heavy atom. The van der Waals surface area contributed by atoms with Crippen LogP contribution in [0.25, 0.3) is 0 Å². The van der Waals surface area contributed by atoms with E-state index in [-0.39, 0.29) is 38.4 Å². The van der Waals surface area contributed by atoms with E-state index in [0.717, 1.165) is 62.6 Å². The van der Waals surface area contributed by atoms with E-state index >= 15 is 0 Å². The van der Waals surface area contributed by atoms with Crippen molar-refractivity contribution in [3.05, 3.63) is 113 Å². The maximum absolute atomic E-state index is 14.8. The zero-order valence-corrected chi connectivity index (χ0v) is 43.6. The number of hydrogen-bond donors (Lipinski definition) is 2. The van der Waals surface area contributed by atoms with E-state index in [0.29, 0.717) is 42.5 Å². The molecular formula is C54H76F3N3O6S2. The molecular weight excluding hydrogens is 908 g/mol. The smallest absolute Gasteiger partial charge is 0.181 e. The van der Waals surface area contributed by atoms with E-state index in [1.165, 1.54) is 36.4 Å². The van der Waals surface area contributed by atoms with Gasteiger partial charge in [0.15, 0.2) is 19.7 Å². The van der Waals surface area contributed by atoms with Crippen molar-refractivity contribution in [2.45, 2.75) is 139 Å². The van der Waals surface area contributed by atoms with Crippen LogP contribution >= 0.6 is 0 Å². The normalized spacial score (nSPS) is 21.0. The van der Waals surface area contributed by atoms with Gasteiger partial charge in [-0.3, -0.25) is 0 Å². The van der Waals surface area contributed by atoms with E-state index in [1.54, 1.807) is 43.3 Å². The van der Waals surface area contributed by atoms with Gasteiger partial charge in [-0.05, 0) is 96.5 Å². The summed E-state index contributed by atoms with van der Waals surface area (Å²) in [5.41, 5.74) is 2.22. The Bertz CT molecular complexity index is 2520. The van der Waals surface area contributed by atoms with E-state index < -0.39 is 66.2 Å². The molecule has 0 aliphatic carbocycles. The lowest BCUT2D eigenvalue weighted by Crippen LogP contribution is -2.43. The Morgan fingerprint density at radius 1 is 0.500 bits per heavy atom. The fraction of sp³-hybridized carbons (Fsp3) is 0.556. The quantitative estimate of drug-likeness (QED) is 0.0997. The Morgan fingerprint density at radius 2 is 0.838 bits per heavy atom. The van der Waals surface area contributed by atoms with E-state index in [2.05, 4.69) is 13.8 Å². The number of sulfone groups is 2. The number of nitrogens with zero attached hydrogens (tertiary/aromatic N) is 3. The average molecular weight is 984 g/mol. The number of hydrogen-bond acceptors (Lipinski definition) is 9. The summed E-state index contributed by atoms with van der Waals surface area (Å²) in [6, 6.07) is 18.1. The molecule has 4 atom stereocenters. The highest BCUT2D eigenvalue weighted by Crippen LogP contribution is 2.54. The Hall–Kier alpha value is -4.11. The van der Waals surface area contributed by atoms with Crippen LogP contribution in [-0.4, -0.2) is 93.0 Å². The minimum atomic E-state index is -3.86. The monoisotopic (exact) mass is 984 g/mol. The molecule has 0 saturated heterocycles. The first-order chi connectivity index (χ1) is 32.0. The maximum atomic E-state index is 14.8.